The Balaban J connectivity index is 1.66. The summed E-state index contributed by atoms with van der Waals surface area (Å²) in [5, 5.41) is 10.6. The summed E-state index contributed by atoms with van der Waals surface area (Å²) in [5.74, 6) is -0.0331. The first-order chi connectivity index (χ1) is 10.7. The Bertz CT molecular complexity index is 658. The van der Waals surface area contributed by atoms with Gasteiger partial charge in [0.15, 0.2) is 0 Å². The first-order valence-electron chi connectivity index (χ1n) is 7.69. The van der Waals surface area contributed by atoms with E-state index >= 15 is 0 Å². The van der Waals surface area contributed by atoms with Crippen molar-refractivity contribution in [1.29, 1.82) is 0 Å². The van der Waals surface area contributed by atoms with Crippen LogP contribution in [0, 0.1) is 0 Å². The maximum Gasteiger partial charge on any atom is 0.251 e. The van der Waals surface area contributed by atoms with Gasteiger partial charge in [-0.3, -0.25) is 9.36 Å². The van der Waals surface area contributed by atoms with Crippen LogP contribution in [-0.4, -0.2) is 26.7 Å². The Kier molecular flexibility index (Phi) is 4.32. The van der Waals surface area contributed by atoms with E-state index < -0.39 is 0 Å². The molecule has 3 rings (SSSR count). The molecule has 1 atom stereocenters. The maximum absolute atomic E-state index is 12.3. The number of carbonyl (C=O) groups excluding carboxylic acids is 1. The number of carbonyl (C=O) groups is 1. The third-order valence-electron chi connectivity index (χ3n) is 4.08. The Morgan fingerprint density at radius 2 is 1.91 bits per heavy atom. The lowest BCUT2D eigenvalue weighted by Crippen LogP contribution is -2.34. The number of benzene rings is 1. The minimum Gasteiger partial charge on any atom is -0.346 e. The van der Waals surface area contributed by atoms with Crippen molar-refractivity contribution in [3.05, 3.63) is 54.1 Å². The Morgan fingerprint density at radius 3 is 2.55 bits per heavy atom. The van der Waals surface area contributed by atoms with Gasteiger partial charge in [-0.05, 0) is 56.9 Å². The highest BCUT2D eigenvalue weighted by atomic mass is 16.1. The number of nitrogens with zero attached hydrogens (tertiary/aromatic N) is 3. The van der Waals surface area contributed by atoms with E-state index in [4.69, 9.17) is 0 Å². The Labute approximate surface area is 130 Å². The van der Waals surface area contributed by atoms with Crippen molar-refractivity contribution in [2.24, 2.45) is 0 Å². The second-order valence-electron chi connectivity index (χ2n) is 5.64. The highest BCUT2D eigenvalue weighted by Crippen LogP contribution is 2.20. The molecule has 2 aromatic rings. The van der Waals surface area contributed by atoms with Crippen LogP contribution in [0.25, 0.3) is 5.69 Å². The van der Waals surface area contributed by atoms with Crippen molar-refractivity contribution in [2.75, 3.05) is 0 Å². The second-order valence-corrected chi connectivity index (χ2v) is 5.64. The zero-order valence-corrected chi connectivity index (χ0v) is 12.7. The molecule has 1 N–H and O–H groups in total. The fourth-order valence-electron chi connectivity index (χ4n) is 2.75. The smallest absolute Gasteiger partial charge is 0.251 e. The van der Waals surface area contributed by atoms with Gasteiger partial charge in [0.1, 0.15) is 12.7 Å². The van der Waals surface area contributed by atoms with E-state index in [1.165, 1.54) is 18.4 Å². The molecule has 1 heterocycles. The molecule has 0 bridgehead atoms. The van der Waals surface area contributed by atoms with E-state index in [2.05, 4.69) is 28.5 Å². The summed E-state index contributed by atoms with van der Waals surface area (Å²) in [5.41, 5.74) is 2.95. The number of amides is 1. The van der Waals surface area contributed by atoms with Gasteiger partial charge in [-0.25, -0.2) is 0 Å². The molecule has 1 aliphatic carbocycles. The van der Waals surface area contributed by atoms with Gasteiger partial charge in [0.25, 0.3) is 5.91 Å². The molecule has 5 nitrogen and oxygen atoms in total. The molecule has 1 aromatic heterocycles. The fraction of sp³-hybridized carbons (Fsp3) is 0.353. The zero-order valence-electron chi connectivity index (χ0n) is 12.7. The van der Waals surface area contributed by atoms with Crippen molar-refractivity contribution >= 4 is 5.91 Å². The number of aromatic nitrogens is 3. The lowest BCUT2D eigenvalue weighted by Gasteiger charge is -2.21. The van der Waals surface area contributed by atoms with E-state index in [1.807, 2.05) is 24.3 Å². The van der Waals surface area contributed by atoms with Crippen LogP contribution in [0.4, 0.5) is 0 Å². The van der Waals surface area contributed by atoms with Crippen LogP contribution < -0.4 is 5.32 Å². The molecule has 1 aromatic carbocycles. The van der Waals surface area contributed by atoms with Crippen molar-refractivity contribution < 1.29 is 4.79 Å². The molecule has 0 spiro atoms. The lowest BCUT2D eigenvalue weighted by atomic mass is 9.94. The number of rotatable bonds is 4. The van der Waals surface area contributed by atoms with Gasteiger partial charge < -0.3 is 5.32 Å². The predicted octanol–water partition coefficient (Wildman–Crippen LogP) is 2.89. The van der Waals surface area contributed by atoms with Crippen molar-refractivity contribution in [3.63, 3.8) is 0 Å². The second kappa shape index (κ2) is 6.56. The third kappa shape index (κ3) is 3.24. The van der Waals surface area contributed by atoms with Gasteiger partial charge in [0.05, 0.1) is 0 Å². The van der Waals surface area contributed by atoms with Crippen LogP contribution in [0.1, 0.15) is 43.0 Å². The van der Waals surface area contributed by atoms with Gasteiger partial charge in [-0.15, -0.1) is 10.2 Å². The van der Waals surface area contributed by atoms with Gasteiger partial charge in [-0.2, -0.15) is 0 Å². The Hall–Kier alpha value is -2.43. The first-order valence-corrected chi connectivity index (χ1v) is 7.69. The summed E-state index contributed by atoms with van der Waals surface area (Å²) in [7, 11) is 0. The van der Waals surface area contributed by atoms with Crippen LogP contribution in [-0.2, 0) is 0 Å². The minimum absolute atomic E-state index is 0.0331. The molecule has 0 radical (unpaired) electrons. The molecule has 0 saturated heterocycles. The van der Waals surface area contributed by atoms with E-state index in [1.54, 1.807) is 17.2 Å². The summed E-state index contributed by atoms with van der Waals surface area (Å²) >= 11 is 0. The highest BCUT2D eigenvalue weighted by Gasteiger charge is 2.15. The molecule has 0 fully saturated rings. The standard InChI is InChI=1S/C17H20N4O/c1-13(14-5-3-2-4-6-14)20-17(22)15-7-9-16(10-8-15)21-11-18-19-12-21/h5,7-13H,2-4,6H2,1H3,(H,20,22)/t13-/m0/s1. The summed E-state index contributed by atoms with van der Waals surface area (Å²) in [6, 6.07) is 7.54. The number of nitrogens with one attached hydrogen (secondary N) is 1. The average Bonchev–Trinajstić information content (AvgIpc) is 3.10. The van der Waals surface area contributed by atoms with Crippen molar-refractivity contribution in [1.82, 2.24) is 20.1 Å². The summed E-state index contributed by atoms with van der Waals surface area (Å²) in [4.78, 5) is 12.3. The van der Waals surface area contributed by atoms with Crippen molar-refractivity contribution in [2.45, 2.75) is 38.6 Å². The molecule has 1 aliphatic rings. The van der Waals surface area contributed by atoms with Crippen LogP contribution in [0.2, 0.25) is 0 Å². The molecular formula is C17H20N4O. The maximum atomic E-state index is 12.3. The molecular weight excluding hydrogens is 276 g/mol. The first kappa shape index (κ1) is 14.5. The molecule has 114 valence electrons. The van der Waals surface area contributed by atoms with Gasteiger partial charge >= 0.3 is 0 Å². The quantitative estimate of drug-likeness (QED) is 0.883. The van der Waals surface area contributed by atoms with E-state index in [0.717, 1.165) is 18.5 Å². The minimum atomic E-state index is -0.0331. The number of hydrogen-bond donors (Lipinski definition) is 1. The van der Waals surface area contributed by atoms with Crippen molar-refractivity contribution in [3.8, 4) is 5.69 Å². The monoisotopic (exact) mass is 296 g/mol. The van der Waals surface area contributed by atoms with Crippen LogP contribution in [0.15, 0.2) is 48.6 Å². The molecule has 0 saturated carbocycles. The highest BCUT2D eigenvalue weighted by molar-refractivity contribution is 5.94. The summed E-state index contributed by atoms with van der Waals surface area (Å²) in [6.07, 6.45) is 10.2. The average molecular weight is 296 g/mol. The Morgan fingerprint density at radius 1 is 1.18 bits per heavy atom. The number of hydrogen-bond acceptors (Lipinski definition) is 3. The number of allylic oxidation sites excluding steroid dienone is 1. The topological polar surface area (TPSA) is 59.8 Å². The van der Waals surface area contributed by atoms with E-state index in [9.17, 15) is 4.79 Å². The summed E-state index contributed by atoms with van der Waals surface area (Å²) in [6.45, 7) is 2.06. The normalized spacial score (nSPS) is 16.0. The predicted molar refractivity (Wildman–Crippen MR) is 84.8 cm³/mol. The fourth-order valence-corrected chi connectivity index (χ4v) is 2.75. The SMILES string of the molecule is C[C@H](NC(=O)c1ccc(-n2cnnc2)cc1)C1=CCCCC1. The molecule has 5 heteroatoms. The molecule has 0 unspecified atom stereocenters. The van der Waals surface area contributed by atoms with Gasteiger partial charge in [0, 0.05) is 17.3 Å². The van der Waals surface area contributed by atoms with Crippen LogP contribution in [0.3, 0.4) is 0 Å². The zero-order chi connectivity index (χ0) is 15.4. The van der Waals surface area contributed by atoms with Crippen LogP contribution >= 0.6 is 0 Å². The third-order valence-corrected chi connectivity index (χ3v) is 4.08. The lowest BCUT2D eigenvalue weighted by molar-refractivity contribution is 0.0944. The summed E-state index contributed by atoms with van der Waals surface area (Å²) < 4.78 is 1.80. The van der Waals surface area contributed by atoms with Gasteiger partial charge in [-0.1, -0.05) is 11.6 Å². The van der Waals surface area contributed by atoms with Gasteiger partial charge in [0.2, 0.25) is 0 Å². The molecule has 22 heavy (non-hydrogen) atoms. The molecule has 0 aliphatic heterocycles. The molecule has 1 amide bonds. The van der Waals surface area contributed by atoms with E-state index in [0.29, 0.717) is 5.56 Å². The van der Waals surface area contributed by atoms with E-state index in [-0.39, 0.29) is 11.9 Å². The van der Waals surface area contributed by atoms with Crippen LogP contribution in [0.5, 0.6) is 0 Å². The largest absolute Gasteiger partial charge is 0.346 e.